The molecule has 41 valence electrons. The van der Waals surface area contributed by atoms with E-state index in [0.717, 1.165) is 0 Å². The van der Waals surface area contributed by atoms with Crippen LogP contribution in [0.4, 0.5) is 0 Å². The van der Waals surface area contributed by atoms with Crippen LogP contribution in [0, 0.1) is 10.1 Å². The van der Waals surface area contributed by atoms with Crippen LogP contribution in [0.15, 0.2) is 0 Å². The first kappa shape index (κ1) is 7.04. The van der Waals surface area contributed by atoms with Gasteiger partial charge >= 0.3 is 52.2 Å². The molecular formula is CH3BiNO4. The summed E-state index contributed by atoms with van der Waals surface area (Å²) in [5.74, 6) is 0. The fourth-order valence-corrected chi connectivity index (χ4v) is 0.531. The molecule has 5 nitrogen and oxygen atoms in total. The van der Waals surface area contributed by atoms with Gasteiger partial charge in [-0.1, -0.05) is 0 Å². The molecule has 6 heteroatoms. The van der Waals surface area contributed by atoms with E-state index >= 15 is 0 Å². The molecule has 0 amide bonds. The van der Waals surface area contributed by atoms with Crippen LogP contribution >= 0.6 is 0 Å². The second kappa shape index (κ2) is 4.21. The third kappa shape index (κ3) is 6.04. The minimum atomic E-state index is -1.63. The Bertz CT molecular complexity index is 64.7. The molecule has 0 bridgehead atoms. The summed E-state index contributed by atoms with van der Waals surface area (Å²) in [7, 11) is 1.39. The molecule has 1 radical (unpaired) electrons. The van der Waals surface area contributed by atoms with Gasteiger partial charge in [-0.05, 0) is 0 Å². The van der Waals surface area contributed by atoms with Crippen molar-refractivity contribution in [3.8, 4) is 0 Å². The predicted molar refractivity (Wildman–Crippen MR) is 20.8 cm³/mol. The topological polar surface area (TPSA) is 61.6 Å². The van der Waals surface area contributed by atoms with Crippen LogP contribution in [0.3, 0.4) is 0 Å². The molecule has 0 atom stereocenters. The van der Waals surface area contributed by atoms with E-state index in [-0.39, 0.29) is 0 Å². The molecule has 0 aromatic heterocycles. The monoisotopic (exact) mass is 302 g/mol. The molecular weight excluding hydrogens is 299 g/mol. The van der Waals surface area contributed by atoms with Crippen molar-refractivity contribution in [2.75, 3.05) is 7.11 Å². The first-order valence-electron chi connectivity index (χ1n) is 1.32. The van der Waals surface area contributed by atoms with E-state index in [1.807, 2.05) is 0 Å². The standard InChI is InChI=1S/CH3O.Bi.NO3/c1-2;;2-1(3)4/h1H3;;/q-1;+2;-1. The zero-order valence-electron chi connectivity index (χ0n) is 3.53. The summed E-state index contributed by atoms with van der Waals surface area (Å²) < 4.78 is 8.24. The first-order valence-corrected chi connectivity index (χ1v) is 4.16. The summed E-state index contributed by atoms with van der Waals surface area (Å²) in [4.78, 5) is 9.31. The fourth-order valence-electron chi connectivity index (χ4n) is 0.0605. The number of nitrogens with zero attached hydrogens (tertiary/aromatic N) is 1. The molecule has 0 aliphatic carbocycles. The van der Waals surface area contributed by atoms with Gasteiger partial charge in [0.05, 0.1) is 0 Å². The summed E-state index contributed by atoms with van der Waals surface area (Å²) in [5.41, 5.74) is 0. The average Bonchev–Trinajstić information content (AvgIpc) is 1.61. The third-order valence-corrected chi connectivity index (χ3v) is 1.53. The number of hydrogen-bond donors (Lipinski definition) is 0. The van der Waals surface area contributed by atoms with Gasteiger partial charge in [0.1, 0.15) is 0 Å². The molecule has 0 aliphatic rings. The van der Waals surface area contributed by atoms with Gasteiger partial charge in [0.25, 0.3) is 0 Å². The normalized spacial score (nSPS) is 8.14. The maximum absolute atomic E-state index is 9.31. The van der Waals surface area contributed by atoms with Gasteiger partial charge in [-0.15, -0.1) is 0 Å². The Hall–Kier alpha value is 0.0431. The van der Waals surface area contributed by atoms with Crippen molar-refractivity contribution < 1.29 is 10.8 Å². The molecule has 0 aliphatic heterocycles. The van der Waals surface area contributed by atoms with Gasteiger partial charge in [0, 0.05) is 0 Å². The molecule has 0 unspecified atom stereocenters. The third-order valence-electron chi connectivity index (χ3n) is 0.175. The Morgan fingerprint density at radius 2 is 2.43 bits per heavy atom. The molecule has 0 aromatic rings. The molecule has 0 fully saturated rings. The van der Waals surface area contributed by atoms with E-state index in [9.17, 15) is 10.1 Å². The Labute approximate surface area is 52.5 Å². The zero-order chi connectivity index (χ0) is 5.70. The van der Waals surface area contributed by atoms with Gasteiger partial charge in [-0.2, -0.15) is 0 Å². The van der Waals surface area contributed by atoms with Gasteiger partial charge in [0.15, 0.2) is 0 Å². The molecule has 0 N–H and O–H groups in total. The number of rotatable bonds is 3. The van der Waals surface area contributed by atoms with Crippen LogP contribution in [-0.4, -0.2) is 36.3 Å². The van der Waals surface area contributed by atoms with Gasteiger partial charge < -0.3 is 0 Å². The Kier molecular flexibility index (Phi) is 4.23. The van der Waals surface area contributed by atoms with E-state index in [2.05, 4.69) is 5.73 Å². The van der Waals surface area contributed by atoms with E-state index in [1.54, 1.807) is 0 Å². The van der Waals surface area contributed by atoms with Crippen molar-refractivity contribution in [2.24, 2.45) is 0 Å². The van der Waals surface area contributed by atoms with Crippen LogP contribution in [0.1, 0.15) is 0 Å². The van der Waals surface area contributed by atoms with E-state index in [0.29, 0.717) is 0 Å². The van der Waals surface area contributed by atoms with Crippen molar-refractivity contribution in [1.82, 2.24) is 0 Å². The maximum atomic E-state index is 9.31. The van der Waals surface area contributed by atoms with Gasteiger partial charge in [-0.3, -0.25) is 0 Å². The summed E-state index contributed by atoms with van der Waals surface area (Å²) in [6.45, 7) is 0. The van der Waals surface area contributed by atoms with Crippen molar-refractivity contribution in [3.63, 3.8) is 0 Å². The summed E-state index contributed by atoms with van der Waals surface area (Å²) in [5, 5.41) is 8.47. The predicted octanol–water partition coefficient (Wildman–Crippen LogP) is -0.625. The first-order chi connectivity index (χ1) is 3.27. The molecule has 0 rings (SSSR count). The summed E-state index contributed by atoms with van der Waals surface area (Å²) >= 11 is -1.63. The molecule has 7 heavy (non-hydrogen) atoms. The SMILES string of the molecule is C[O][Bi][O][N+](=O)[O-]. The van der Waals surface area contributed by atoms with Crippen molar-refractivity contribution in [1.29, 1.82) is 0 Å². The van der Waals surface area contributed by atoms with Crippen LogP contribution in [0.5, 0.6) is 0 Å². The van der Waals surface area contributed by atoms with Crippen molar-refractivity contribution in [2.45, 2.75) is 0 Å². The van der Waals surface area contributed by atoms with E-state index in [4.69, 9.17) is 0 Å². The second-order valence-electron chi connectivity index (χ2n) is 0.562. The Balaban J connectivity index is 2.82. The van der Waals surface area contributed by atoms with Crippen molar-refractivity contribution in [3.05, 3.63) is 10.1 Å². The Morgan fingerprint density at radius 1 is 1.86 bits per heavy atom. The molecule has 0 saturated carbocycles. The number of hydrogen-bond acceptors (Lipinski definition) is 4. The molecule has 0 spiro atoms. The van der Waals surface area contributed by atoms with Gasteiger partial charge in [-0.25, -0.2) is 0 Å². The summed E-state index contributed by atoms with van der Waals surface area (Å²) in [6, 6.07) is 0. The summed E-state index contributed by atoms with van der Waals surface area (Å²) in [6.07, 6.45) is 0. The van der Waals surface area contributed by atoms with Crippen molar-refractivity contribution >= 4 is 24.1 Å². The molecule has 0 saturated heterocycles. The fraction of sp³-hybridized carbons (Fsp3) is 1.00. The van der Waals surface area contributed by atoms with Crippen LogP contribution in [0.25, 0.3) is 0 Å². The van der Waals surface area contributed by atoms with Crippen LogP contribution < -0.4 is 0 Å². The second-order valence-corrected chi connectivity index (χ2v) is 3.20. The van der Waals surface area contributed by atoms with E-state index < -0.39 is 29.2 Å². The van der Waals surface area contributed by atoms with Crippen LogP contribution in [-0.2, 0) is 5.73 Å². The average molecular weight is 302 g/mol. The minimum absolute atomic E-state index is 0.833. The van der Waals surface area contributed by atoms with E-state index in [1.165, 1.54) is 7.11 Å². The Morgan fingerprint density at radius 3 is 2.57 bits per heavy atom. The molecule has 0 aromatic carbocycles. The van der Waals surface area contributed by atoms with Crippen LogP contribution in [0.2, 0.25) is 0 Å². The quantitative estimate of drug-likeness (QED) is 0.396. The molecule has 0 heterocycles. The zero-order valence-corrected chi connectivity index (χ0v) is 7.00. The van der Waals surface area contributed by atoms with Gasteiger partial charge in [0.2, 0.25) is 0 Å².